The topological polar surface area (TPSA) is 93.5 Å². The van der Waals surface area contributed by atoms with Gasteiger partial charge in [0, 0.05) is 12.1 Å². The Kier molecular flexibility index (Phi) is 7.27. The van der Waals surface area contributed by atoms with E-state index in [-0.39, 0.29) is 24.3 Å². The van der Waals surface area contributed by atoms with E-state index in [1.807, 2.05) is 85.8 Å². The van der Waals surface area contributed by atoms with Crippen molar-refractivity contribution >= 4 is 17.6 Å². The summed E-state index contributed by atoms with van der Waals surface area (Å²) in [5.74, 6) is -0.0273. The van der Waals surface area contributed by atoms with Crippen molar-refractivity contribution in [2.24, 2.45) is 16.5 Å². The van der Waals surface area contributed by atoms with Crippen LogP contribution in [0.2, 0.25) is 0 Å². The van der Waals surface area contributed by atoms with Crippen LogP contribution in [0.25, 0.3) is 0 Å². The van der Waals surface area contributed by atoms with Crippen molar-refractivity contribution in [3.8, 4) is 0 Å². The molecular formula is C30H30N4O. The van der Waals surface area contributed by atoms with E-state index < -0.39 is 5.41 Å². The van der Waals surface area contributed by atoms with Gasteiger partial charge in [0.15, 0.2) is 5.96 Å². The lowest BCUT2D eigenvalue weighted by atomic mass is 9.67. The number of hydrogen-bond acceptors (Lipinski definition) is 2. The highest BCUT2D eigenvalue weighted by molar-refractivity contribution is 5.92. The highest BCUT2D eigenvalue weighted by Crippen LogP contribution is 2.42. The summed E-state index contributed by atoms with van der Waals surface area (Å²) >= 11 is 0. The van der Waals surface area contributed by atoms with Gasteiger partial charge in [-0.2, -0.15) is 0 Å². The fourth-order valence-electron chi connectivity index (χ4n) is 4.56. The molecule has 0 radical (unpaired) electrons. The number of nitrogens with two attached hydrogens (primary N) is 2. The van der Waals surface area contributed by atoms with Gasteiger partial charge < -0.3 is 16.8 Å². The first-order valence-electron chi connectivity index (χ1n) is 11.6. The number of guanidine groups is 1. The predicted molar refractivity (Wildman–Crippen MR) is 143 cm³/mol. The number of carbonyl (C=O) groups is 1. The molecule has 176 valence electrons. The predicted octanol–water partition coefficient (Wildman–Crippen LogP) is 5.38. The minimum Gasteiger partial charge on any atom is -0.370 e. The number of hydrogen-bond donors (Lipinski definition) is 3. The van der Waals surface area contributed by atoms with E-state index in [4.69, 9.17) is 11.5 Å². The molecule has 1 unspecified atom stereocenters. The molecule has 35 heavy (non-hydrogen) atoms. The van der Waals surface area contributed by atoms with Gasteiger partial charge in [0.1, 0.15) is 0 Å². The first-order valence-corrected chi connectivity index (χ1v) is 11.6. The molecule has 5 nitrogen and oxygen atoms in total. The monoisotopic (exact) mass is 462 g/mol. The van der Waals surface area contributed by atoms with Crippen molar-refractivity contribution in [2.45, 2.75) is 24.8 Å². The SMILES string of the molecule is CC(N=C(N)N)c1ccc(NC(=O)CC(c2ccccc2)(c2ccccc2)c2ccccc2)cc1. The normalized spacial score (nSPS) is 11.9. The van der Waals surface area contributed by atoms with Crippen LogP contribution in [-0.4, -0.2) is 11.9 Å². The molecule has 4 rings (SSSR count). The molecule has 0 bridgehead atoms. The summed E-state index contributed by atoms with van der Waals surface area (Å²) in [4.78, 5) is 17.7. The van der Waals surface area contributed by atoms with E-state index >= 15 is 0 Å². The summed E-state index contributed by atoms with van der Waals surface area (Å²) in [6.45, 7) is 1.92. The zero-order valence-corrected chi connectivity index (χ0v) is 19.8. The molecule has 5 heteroatoms. The molecule has 0 aliphatic heterocycles. The van der Waals surface area contributed by atoms with Gasteiger partial charge in [-0.25, -0.2) is 4.99 Å². The second-order valence-corrected chi connectivity index (χ2v) is 8.58. The van der Waals surface area contributed by atoms with Crippen LogP contribution in [-0.2, 0) is 10.2 Å². The first kappa shape index (κ1) is 23.8. The molecule has 0 aromatic heterocycles. The summed E-state index contributed by atoms with van der Waals surface area (Å²) < 4.78 is 0. The Hall–Kier alpha value is -4.38. The van der Waals surface area contributed by atoms with E-state index in [0.29, 0.717) is 0 Å². The van der Waals surface area contributed by atoms with Crippen molar-refractivity contribution in [2.75, 3.05) is 5.32 Å². The molecule has 4 aromatic rings. The van der Waals surface area contributed by atoms with Crippen LogP contribution < -0.4 is 16.8 Å². The van der Waals surface area contributed by atoms with E-state index in [9.17, 15) is 4.79 Å². The van der Waals surface area contributed by atoms with Gasteiger partial charge >= 0.3 is 0 Å². The highest BCUT2D eigenvalue weighted by Gasteiger charge is 2.38. The van der Waals surface area contributed by atoms with Crippen LogP contribution in [0.5, 0.6) is 0 Å². The molecule has 0 saturated carbocycles. The number of aliphatic imine (C=N–C) groups is 1. The zero-order valence-electron chi connectivity index (χ0n) is 19.8. The third-order valence-corrected chi connectivity index (χ3v) is 6.25. The summed E-state index contributed by atoms with van der Waals surface area (Å²) in [7, 11) is 0. The fourth-order valence-corrected chi connectivity index (χ4v) is 4.56. The molecule has 4 aromatic carbocycles. The van der Waals surface area contributed by atoms with E-state index in [0.717, 1.165) is 27.9 Å². The first-order chi connectivity index (χ1) is 17.0. The second kappa shape index (κ2) is 10.7. The Labute approximate surface area is 206 Å². The van der Waals surface area contributed by atoms with Gasteiger partial charge in [-0.05, 0) is 41.3 Å². The van der Waals surface area contributed by atoms with Crippen LogP contribution in [0.3, 0.4) is 0 Å². The maximum absolute atomic E-state index is 13.5. The lowest BCUT2D eigenvalue weighted by Crippen LogP contribution is -2.34. The third-order valence-electron chi connectivity index (χ3n) is 6.25. The summed E-state index contributed by atoms with van der Waals surface area (Å²) in [5.41, 5.74) is 15.2. The summed E-state index contributed by atoms with van der Waals surface area (Å²) in [5, 5.41) is 3.09. The van der Waals surface area contributed by atoms with Crippen molar-refractivity contribution in [3.63, 3.8) is 0 Å². The number of anilines is 1. The molecule has 1 amide bonds. The van der Waals surface area contributed by atoms with Crippen LogP contribution in [0.15, 0.2) is 120 Å². The standard InChI is InChI=1S/C30H30N4O/c1-22(33-29(31)32)23-17-19-27(20-18-23)34-28(35)21-30(24-11-5-2-6-12-24,25-13-7-3-8-14-25)26-15-9-4-10-16-26/h2-20,22H,21H2,1H3,(H,34,35)(H4,31,32,33). The smallest absolute Gasteiger partial charge is 0.225 e. The maximum Gasteiger partial charge on any atom is 0.225 e. The maximum atomic E-state index is 13.5. The Balaban J connectivity index is 1.69. The second-order valence-electron chi connectivity index (χ2n) is 8.58. The van der Waals surface area contributed by atoms with Gasteiger partial charge in [-0.15, -0.1) is 0 Å². The lowest BCUT2D eigenvalue weighted by molar-refractivity contribution is -0.116. The Bertz CT molecular complexity index is 1170. The van der Waals surface area contributed by atoms with Crippen molar-refractivity contribution < 1.29 is 4.79 Å². The van der Waals surface area contributed by atoms with Crippen molar-refractivity contribution in [1.82, 2.24) is 0 Å². The van der Waals surface area contributed by atoms with Crippen LogP contribution in [0.1, 0.15) is 41.6 Å². The van der Waals surface area contributed by atoms with Crippen molar-refractivity contribution in [3.05, 3.63) is 138 Å². The minimum absolute atomic E-state index is 0.0500. The average Bonchev–Trinajstić information content (AvgIpc) is 2.89. The quantitative estimate of drug-likeness (QED) is 0.186. The Morgan fingerprint density at radius 1 is 0.743 bits per heavy atom. The van der Waals surface area contributed by atoms with Crippen molar-refractivity contribution in [1.29, 1.82) is 0 Å². The Morgan fingerprint density at radius 2 is 1.17 bits per heavy atom. The molecule has 0 spiro atoms. The number of rotatable bonds is 8. The van der Waals surface area contributed by atoms with Gasteiger partial charge in [-0.3, -0.25) is 4.79 Å². The number of nitrogens with one attached hydrogen (secondary N) is 1. The summed E-state index contributed by atoms with van der Waals surface area (Å²) in [6.07, 6.45) is 0.247. The average molecular weight is 463 g/mol. The van der Waals surface area contributed by atoms with E-state index in [1.54, 1.807) is 0 Å². The lowest BCUT2D eigenvalue weighted by Gasteiger charge is -2.35. The van der Waals surface area contributed by atoms with E-state index in [2.05, 4.69) is 46.7 Å². The van der Waals surface area contributed by atoms with Crippen LogP contribution in [0.4, 0.5) is 5.69 Å². The molecule has 1 atom stereocenters. The molecule has 0 heterocycles. The number of carbonyl (C=O) groups excluding carboxylic acids is 1. The van der Waals surface area contributed by atoms with Crippen LogP contribution in [0, 0.1) is 0 Å². The Morgan fingerprint density at radius 3 is 1.57 bits per heavy atom. The third kappa shape index (κ3) is 5.41. The van der Waals surface area contributed by atoms with Gasteiger partial charge in [0.25, 0.3) is 0 Å². The molecule has 0 aliphatic carbocycles. The number of benzene rings is 4. The number of amides is 1. The minimum atomic E-state index is -0.643. The fraction of sp³-hybridized carbons (Fsp3) is 0.133. The molecule has 0 aliphatic rings. The van der Waals surface area contributed by atoms with E-state index in [1.165, 1.54) is 0 Å². The molecular weight excluding hydrogens is 432 g/mol. The summed E-state index contributed by atoms with van der Waals surface area (Å²) in [6, 6.07) is 38.1. The largest absolute Gasteiger partial charge is 0.370 e. The van der Waals surface area contributed by atoms with Crippen LogP contribution >= 0.6 is 0 Å². The molecule has 0 fully saturated rings. The molecule has 5 N–H and O–H groups in total. The van der Waals surface area contributed by atoms with Gasteiger partial charge in [-0.1, -0.05) is 103 Å². The number of nitrogens with zero attached hydrogens (tertiary/aromatic N) is 1. The molecule has 0 saturated heterocycles. The van der Waals surface area contributed by atoms with Gasteiger partial charge in [0.05, 0.1) is 11.5 Å². The van der Waals surface area contributed by atoms with Gasteiger partial charge in [0.2, 0.25) is 5.91 Å². The zero-order chi connectivity index (χ0) is 24.7. The highest BCUT2D eigenvalue weighted by atomic mass is 16.1.